The van der Waals surface area contributed by atoms with E-state index in [-0.39, 0.29) is 5.41 Å². The van der Waals surface area contributed by atoms with Gasteiger partial charge in [0.05, 0.1) is 15.6 Å². The first kappa shape index (κ1) is 16.1. The summed E-state index contributed by atoms with van der Waals surface area (Å²) in [5, 5.41) is 18.1. The lowest BCUT2D eigenvalue weighted by Crippen LogP contribution is -2.10. The average Bonchev–Trinajstić information content (AvgIpc) is 2.48. The number of hydrogen-bond acceptors (Lipinski definition) is 3. The van der Waals surface area contributed by atoms with Gasteiger partial charge >= 0.3 is 0 Å². The van der Waals surface area contributed by atoms with Crippen LogP contribution in [0.4, 0.5) is 0 Å². The molecule has 0 saturated heterocycles. The van der Waals surface area contributed by atoms with Gasteiger partial charge in [-0.25, -0.2) is 0 Å². The number of benzene rings is 2. The van der Waals surface area contributed by atoms with Crippen LogP contribution < -0.4 is 4.74 Å². The van der Waals surface area contributed by atoms with Crippen molar-refractivity contribution in [3.8, 4) is 23.6 Å². The Morgan fingerprint density at radius 1 is 0.955 bits per heavy atom. The molecule has 110 valence electrons. The van der Waals surface area contributed by atoms with Gasteiger partial charge in [-0.15, -0.1) is 0 Å². The SMILES string of the molecule is CC(C)(C)c1ccc(Oc2cc(C#N)c(C#N)cc2Br)cc1. The Balaban J connectivity index is 2.32. The van der Waals surface area contributed by atoms with Crippen LogP contribution in [-0.2, 0) is 5.41 Å². The third kappa shape index (κ3) is 3.47. The molecule has 0 bridgehead atoms. The minimum Gasteiger partial charge on any atom is -0.456 e. The largest absolute Gasteiger partial charge is 0.456 e. The van der Waals surface area contributed by atoms with E-state index in [0.717, 1.165) is 0 Å². The standard InChI is InChI=1S/C18H15BrN2O/c1-18(2,3)14-4-6-15(7-5-14)22-17-9-13(11-21)12(10-20)8-16(17)19/h4-9H,1-3H3. The van der Waals surface area contributed by atoms with Gasteiger partial charge in [0.1, 0.15) is 23.6 Å². The number of rotatable bonds is 2. The highest BCUT2D eigenvalue weighted by molar-refractivity contribution is 9.10. The van der Waals surface area contributed by atoms with Crippen LogP contribution in [0.25, 0.3) is 0 Å². The predicted molar refractivity (Wildman–Crippen MR) is 88.8 cm³/mol. The van der Waals surface area contributed by atoms with Gasteiger partial charge < -0.3 is 4.74 Å². The minimum absolute atomic E-state index is 0.0849. The van der Waals surface area contributed by atoms with Crippen LogP contribution in [0.3, 0.4) is 0 Å². The summed E-state index contributed by atoms with van der Waals surface area (Å²) in [7, 11) is 0. The molecule has 3 nitrogen and oxygen atoms in total. The molecule has 22 heavy (non-hydrogen) atoms. The molecule has 0 aliphatic carbocycles. The van der Waals surface area contributed by atoms with Gasteiger partial charge in [0.2, 0.25) is 0 Å². The molecule has 0 saturated carbocycles. The van der Waals surface area contributed by atoms with Crippen LogP contribution >= 0.6 is 15.9 Å². The Hall–Kier alpha value is -2.30. The zero-order valence-corrected chi connectivity index (χ0v) is 14.2. The molecule has 4 heteroatoms. The van der Waals surface area contributed by atoms with Crippen molar-refractivity contribution in [2.24, 2.45) is 0 Å². The lowest BCUT2D eigenvalue weighted by atomic mass is 9.87. The second-order valence-corrected chi connectivity index (χ2v) is 6.78. The molecule has 2 rings (SSSR count). The second-order valence-electron chi connectivity index (χ2n) is 5.93. The molecular formula is C18H15BrN2O. The van der Waals surface area contributed by atoms with E-state index in [4.69, 9.17) is 15.3 Å². The molecule has 0 N–H and O–H groups in total. The Labute approximate surface area is 138 Å². The maximum atomic E-state index is 9.08. The van der Waals surface area contributed by atoms with Gasteiger partial charge in [-0.3, -0.25) is 0 Å². The number of halogens is 1. The van der Waals surface area contributed by atoms with Crippen molar-refractivity contribution in [2.75, 3.05) is 0 Å². The van der Waals surface area contributed by atoms with Crippen molar-refractivity contribution < 1.29 is 4.74 Å². The van der Waals surface area contributed by atoms with E-state index in [1.54, 1.807) is 12.1 Å². The highest BCUT2D eigenvalue weighted by Gasteiger charge is 2.14. The summed E-state index contributed by atoms with van der Waals surface area (Å²) in [5.41, 5.74) is 1.93. The third-order valence-electron chi connectivity index (χ3n) is 3.26. The Morgan fingerprint density at radius 2 is 1.50 bits per heavy atom. The van der Waals surface area contributed by atoms with Gasteiger partial charge in [0.25, 0.3) is 0 Å². The first-order valence-corrected chi connectivity index (χ1v) is 7.56. The maximum Gasteiger partial charge on any atom is 0.143 e. The first-order valence-electron chi connectivity index (χ1n) is 6.77. The van der Waals surface area contributed by atoms with Gasteiger partial charge in [0.15, 0.2) is 0 Å². The topological polar surface area (TPSA) is 56.8 Å². The molecule has 0 atom stereocenters. The first-order chi connectivity index (χ1) is 10.3. The zero-order chi connectivity index (χ0) is 16.3. The molecule has 0 fully saturated rings. The monoisotopic (exact) mass is 354 g/mol. The molecule has 0 heterocycles. The molecular weight excluding hydrogens is 340 g/mol. The number of nitrogens with zero attached hydrogens (tertiary/aromatic N) is 2. The van der Waals surface area contributed by atoms with Crippen molar-refractivity contribution in [3.05, 3.63) is 57.6 Å². The van der Waals surface area contributed by atoms with Crippen molar-refractivity contribution >= 4 is 15.9 Å². The van der Waals surface area contributed by atoms with E-state index < -0.39 is 0 Å². The molecule has 0 aliphatic rings. The normalized spacial score (nSPS) is 10.6. The Bertz CT molecular complexity index is 775. The molecule has 2 aromatic rings. The van der Waals surface area contributed by atoms with Crippen LogP contribution in [0, 0.1) is 22.7 Å². The molecule has 0 radical (unpaired) electrons. The van der Waals surface area contributed by atoms with E-state index >= 15 is 0 Å². The van der Waals surface area contributed by atoms with Crippen LogP contribution in [0.1, 0.15) is 37.5 Å². The second kappa shape index (κ2) is 6.22. The fourth-order valence-corrected chi connectivity index (χ4v) is 2.39. The number of nitriles is 2. The molecule has 0 unspecified atom stereocenters. The quantitative estimate of drug-likeness (QED) is 0.736. The highest BCUT2D eigenvalue weighted by atomic mass is 79.9. The van der Waals surface area contributed by atoms with E-state index in [1.165, 1.54) is 5.56 Å². The Kier molecular flexibility index (Phi) is 4.54. The van der Waals surface area contributed by atoms with Crippen LogP contribution in [0.5, 0.6) is 11.5 Å². The Morgan fingerprint density at radius 3 is 2.00 bits per heavy atom. The van der Waals surface area contributed by atoms with E-state index in [2.05, 4.69) is 36.7 Å². The smallest absolute Gasteiger partial charge is 0.143 e. The minimum atomic E-state index is 0.0849. The molecule has 0 aliphatic heterocycles. The molecule has 0 amide bonds. The van der Waals surface area contributed by atoms with E-state index in [9.17, 15) is 0 Å². The third-order valence-corrected chi connectivity index (χ3v) is 3.88. The van der Waals surface area contributed by atoms with E-state index in [0.29, 0.717) is 27.1 Å². The van der Waals surface area contributed by atoms with Crippen LogP contribution in [-0.4, -0.2) is 0 Å². The summed E-state index contributed by atoms with van der Waals surface area (Å²) in [5.74, 6) is 1.20. The fraction of sp³-hybridized carbons (Fsp3) is 0.222. The summed E-state index contributed by atoms with van der Waals surface area (Å²) >= 11 is 3.37. The number of hydrogen-bond donors (Lipinski definition) is 0. The summed E-state index contributed by atoms with van der Waals surface area (Å²) in [6.45, 7) is 6.46. The summed E-state index contributed by atoms with van der Waals surface area (Å²) in [6.07, 6.45) is 0. The lowest BCUT2D eigenvalue weighted by Gasteiger charge is -2.19. The average molecular weight is 355 g/mol. The van der Waals surface area contributed by atoms with Gasteiger partial charge in [-0.1, -0.05) is 32.9 Å². The zero-order valence-electron chi connectivity index (χ0n) is 12.6. The van der Waals surface area contributed by atoms with Crippen molar-refractivity contribution in [1.29, 1.82) is 10.5 Å². The predicted octanol–water partition coefficient (Wildman–Crippen LogP) is 5.28. The van der Waals surface area contributed by atoms with Crippen molar-refractivity contribution in [2.45, 2.75) is 26.2 Å². The highest BCUT2D eigenvalue weighted by Crippen LogP contribution is 2.33. The van der Waals surface area contributed by atoms with Gasteiger partial charge in [-0.05, 0) is 45.1 Å². The van der Waals surface area contributed by atoms with Crippen LogP contribution in [0.2, 0.25) is 0 Å². The van der Waals surface area contributed by atoms with E-state index in [1.807, 2.05) is 36.4 Å². The number of ether oxygens (including phenoxy) is 1. The van der Waals surface area contributed by atoms with Gasteiger partial charge in [-0.2, -0.15) is 10.5 Å². The van der Waals surface area contributed by atoms with Gasteiger partial charge in [0, 0.05) is 6.07 Å². The maximum absolute atomic E-state index is 9.08. The van der Waals surface area contributed by atoms with Crippen molar-refractivity contribution in [3.63, 3.8) is 0 Å². The summed E-state index contributed by atoms with van der Waals surface area (Å²) in [6, 6.07) is 15.0. The van der Waals surface area contributed by atoms with Crippen molar-refractivity contribution in [1.82, 2.24) is 0 Å². The molecule has 0 aromatic heterocycles. The lowest BCUT2D eigenvalue weighted by molar-refractivity contribution is 0.478. The fourth-order valence-electron chi connectivity index (χ4n) is 1.97. The molecule has 2 aromatic carbocycles. The summed E-state index contributed by atoms with van der Waals surface area (Å²) in [4.78, 5) is 0. The molecule has 0 spiro atoms. The summed E-state index contributed by atoms with van der Waals surface area (Å²) < 4.78 is 6.45. The van der Waals surface area contributed by atoms with Crippen LogP contribution in [0.15, 0.2) is 40.9 Å².